The largest absolute Gasteiger partial charge is 0.482 e. The van der Waals surface area contributed by atoms with Gasteiger partial charge in [-0.25, -0.2) is 18.6 Å². The number of rotatable bonds is 9. The van der Waals surface area contributed by atoms with Gasteiger partial charge in [-0.05, 0) is 48.9 Å². The summed E-state index contributed by atoms with van der Waals surface area (Å²) in [7, 11) is -2.37. The molecule has 160 valence electrons. The van der Waals surface area contributed by atoms with Crippen molar-refractivity contribution in [1.82, 2.24) is 5.43 Å². The minimum absolute atomic E-state index is 0.197. The number of methoxy groups -OCH3 is 1. The molecular formula is C20H23N3O6S. The third-order valence-corrected chi connectivity index (χ3v) is 5.02. The summed E-state index contributed by atoms with van der Waals surface area (Å²) >= 11 is 0. The number of sulfonamides is 1. The molecule has 1 N–H and O–H groups in total. The lowest BCUT2D eigenvalue weighted by Gasteiger charge is -2.21. The average molecular weight is 433 g/mol. The molecule has 2 rings (SSSR count). The molecule has 30 heavy (non-hydrogen) atoms. The average Bonchev–Trinajstić information content (AvgIpc) is 2.71. The third kappa shape index (κ3) is 7.21. The molecule has 10 heteroatoms. The van der Waals surface area contributed by atoms with Crippen molar-refractivity contribution in [3.63, 3.8) is 0 Å². The second-order valence-corrected chi connectivity index (χ2v) is 8.24. The maximum Gasteiger partial charge on any atom is 0.343 e. The van der Waals surface area contributed by atoms with Gasteiger partial charge in [-0.2, -0.15) is 5.10 Å². The van der Waals surface area contributed by atoms with E-state index in [0.29, 0.717) is 17.0 Å². The van der Waals surface area contributed by atoms with Crippen molar-refractivity contribution >= 4 is 33.8 Å². The van der Waals surface area contributed by atoms with Crippen molar-refractivity contribution in [3.05, 3.63) is 59.7 Å². The molecule has 2 aromatic carbocycles. The van der Waals surface area contributed by atoms with Gasteiger partial charge in [0.25, 0.3) is 5.91 Å². The van der Waals surface area contributed by atoms with Gasteiger partial charge in [0.15, 0.2) is 6.61 Å². The van der Waals surface area contributed by atoms with E-state index in [-0.39, 0.29) is 6.61 Å². The number of aryl methyl sites for hydroxylation is 1. The summed E-state index contributed by atoms with van der Waals surface area (Å²) in [5.74, 6) is -0.601. The Hall–Kier alpha value is -3.40. The summed E-state index contributed by atoms with van der Waals surface area (Å²) in [4.78, 5) is 23.2. The fourth-order valence-electron chi connectivity index (χ4n) is 2.31. The van der Waals surface area contributed by atoms with Gasteiger partial charge in [-0.15, -0.1) is 0 Å². The number of nitrogens with zero attached hydrogens (tertiary/aromatic N) is 2. The van der Waals surface area contributed by atoms with E-state index >= 15 is 0 Å². The molecule has 0 spiro atoms. The van der Waals surface area contributed by atoms with E-state index in [2.05, 4.69) is 15.3 Å². The zero-order chi connectivity index (χ0) is 22.1. The highest BCUT2D eigenvalue weighted by molar-refractivity contribution is 7.92. The van der Waals surface area contributed by atoms with Gasteiger partial charge in [0.05, 0.1) is 25.3 Å². The summed E-state index contributed by atoms with van der Waals surface area (Å²) in [6, 6.07) is 13.4. The standard InChI is InChI=1S/C20H23N3O6S/c1-15-4-8-17(9-5-15)23(30(3,26)27)13-19(24)22-21-12-16-6-10-18(11-7-16)29-14-20(25)28-2/h4-12H,13-14H2,1-3H3,(H,22,24)/b21-12+. The Bertz CT molecular complexity index is 1000. The molecule has 0 aliphatic rings. The van der Waals surface area contributed by atoms with Crippen molar-refractivity contribution in [2.24, 2.45) is 5.10 Å². The molecule has 2 aromatic rings. The van der Waals surface area contributed by atoms with Gasteiger partial charge in [0.1, 0.15) is 12.3 Å². The number of carbonyl (C=O) groups is 2. The van der Waals surface area contributed by atoms with Crippen LogP contribution in [0.5, 0.6) is 5.75 Å². The van der Waals surface area contributed by atoms with Gasteiger partial charge < -0.3 is 9.47 Å². The van der Waals surface area contributed by atoms with Crippen LogP contribution in [0.3, 0.4) is 0 Å². The van der Waals surface area contributed by atoms with Crippen molar-refractivity contribution in [2.75, 3.05) is 30.8 Å². The second kappa shape index (κ2) is 10.4. The van der Waals surface area contributed by atoms with Crippen LogP contribution in [0, 0.1) is 6.92 Å². The predicted molar refractivity (Wildman–Crippen MR) is 113 cm³/mol. The number of hydrogen-bond donors (Lipinski definition) is 1. The van der Waals surface area contributed by atoms with E-state index < -0.39 is 28.4 Å². The van der Waals surface area contributed by atoms with Crippen LogP contribution in [0.15, 0.2) is 53.6 Å². The molecule has 0 aromatic heterocycles. The monoisotopic (exact) mass is 433 g/mol. The first-order valence-electron chi connectivity index (χ1n) is 8.85. The zero-order valence-corrected chi connectivity index (χ0v) is 17.7. The molecule has 0 saturated heterocycles. The van der Waals surface area contributed by atoms with E-state index in [4.69, 9.17) is 4.74 Å². The molecular weight excluding hydrogens is 410 g/mol. The van der Waals surface area contributed by atoms with Gasteiger partial charge in [-0.3, -0.25) is 9.10 Å². The number of nitrogens with one attached hydrogen (secondary N) is 1. The Morgan fingerprint density at radius 3 is 2.30 bits per heavy atom. The van der Waals surface area contributed by atoms with Gasteiger partial charge in [0, 0.05) is 0 Å². The highest BCUT2D eigenvalue weighted by atomic mass is 32.2. The van der Waals surface area contributed by atoms with Gasteiger partial charge >= 0.3 is 5.97 Å². The van der Waals surface area contributed by atoms with Gasteiger partial charge in [0.2, 0.25) is 10.0 Å². The van der Waals surface area contributed by atoms with Crippen molar-refractivity contribution in [1.29, 1.82) is 0 Å². The topological polar surface area (TPSA) is 114 Å². The molecule has 0 saturated carbocycles. The number of carbonyl (C=O) groups excluding carboxylic acids is 2. The molecule has 0 radical (unpaired) electrons. The summed E-state index contributed by atoms with van der Waals surface area (Å²) in [6.07, 6.45) is 2.44. The smallest absolute Gasteiger partial charge is 0.343 e. The Kier molecular flexibility index (Phi) is 7.93. The minimum atomic E-state index is -3.65. The molecule has 0 unspecified atom stereocenters. The predicted octanol–water partition coefficient (Wildman–Crippen LogP) is 1.46. The molecule has 9 nitrogen and oxygen atoms in total. The van der Waals surface area contributed by atoms with E-state index in [1.165, 1.54) is 13.3 Å². The maximum atomic E-state index is 12.2. The number of anilines is 1. The van der Waals surface area contributed by atoms with Crippen LogP contribution in [0.2, 0.25) is 0 Å². The quantitative estimate of drug-likeness (QED) is 0.364. The molecule has 0 atom stereocenters. The van der Waals surface area contributed by atoms with Crippen LogP contribution in [-0.2, 0) is 24.3 Å². The summed E-state index contributed by atoms with van der Waals surface area (Å²) in [5, 5.41) is 3.84. The van der Waals surface area contributed by atoms with Crippen molar-refractivity contribution < 1.29 is 27.5 Å². The SMILES string of the molecule is COC(=O)COc1ccc(/C=N/NC(=O)CN(c2ccc(C)cc2)S(C)(=O)=O)cc1. The molecule has 0 heterocycles. The van der Waals surface area contributed by atoms with Crippen LogP contribution in [-0.4, -0.2) is 53.0 Å². The van der Waals surface area contributed by atoms with Crippen molar-refractivity contribution in [3.8, 4) is 5.75 Å². The second-order valence-electron chi connectivity index (χ2n) is 6.33. The molecule has 1 amide bonds. The van der Waals surface area contributed by atoms with E-state index in [1.54, 1.807) is 48.5 Å². The zero-order valence-electron chi connectivity index (χ0n) is 16.9. The van der Waals surface area contributed by atoms with Crippen LogP contribution in [0.1, 0.15) is 11.1 Å². The molecule has 0 aliphatic carbocycles. The third-order valence-electron chi connectivity index (χ3n) is 3.88. The molecule has 0 bridgehead atoms. The van der Waals surface area contributed by atoms with Crippen LogP contribution >= 0.6 is 0 Å². The highest BCUT2D eigenvalue weighted by Crippen LogP contribution is 2.17. The normalized spacial score (nSPS) is 11.2. The van der Waals surface area contributed by atoms with Crippen LogP contribution < -0.4 is 14.5 Å². The first-order chi connectivity index (χ1) is 14.2. The Morgan fingerprint density at radius 1 is 1.10 bits per heavy atom. The molecule has 0 aliphatic heterocycles. The number of esters is 1. The first-order valence-corrected chi connectivity index (χ1v) is 10.7. The highest BCUT2D eigenvalue weighted by Gasteiger charge is 2.20. The van der Waals surface area contributed by atoms with Crippen LogP contribution in [0.25, 0.3) is 0 Å². The lowest BCUT2D eigenvalue weighted by atomic mass is 10.2. The Morgan fingerprint density at radius 2 is 1.73 bits per heavy atom. The first kappa shape index (κ1) is 22.9. The van der Waals surface area contributed by atoms with E-state index in [1.807, 2.05) is 6.92 Å². The summed E-state index contributed by atoms with van der Waals surface area (Å²) < 4.78 is 34.8. The summed E-state index contributed by atoms with van der Waals surface area (Å²) in [6.45, 7) is 1.28. The van der Waals surface area contributed by atoms with Crippen molar-refractivity contribution in [2.45, 2.75) is 6.92 Å². The Labute approximate surface area is 175 Å². The number of hydrazone groups is 1. The Balaban J connectivity index is 1.94. The lowest BCUT2D eigenvalue weighted by Crippen LogP contribution is -2.39. The van der Waals surface area contributed by atoms with E-state index in [9.17, 15) is 18.0 Å². The van der Waals surface area contributed by atoms with E-state index in [0.717, 1.165) is 16.1 Å². The minimum Gasteiger partial charge on any atom is -0.482 e. The number of ether oxygens (including phenoxy) is 2. The fraction of sp³-hybridized carbons (Fsp3) is 0.250. The molecule has 0 fully saturated rings. The van der Waals surface area contributed by atoms with Crippen LogP contribution in [0.4, 0.5) is 5.69 Å². The van der Waals surface area contributed by atoms with Gasteiger partial charge in [-0.1, -0.05) is 17.7 Å². The number of benzene rings is 2. The summed E-state index contributed by atoms with van der Waals surface area (Å²) in [5.41, 5.74) is 4.34. The maximum absolute atomic E-state index is 12.2. The lowest BCUT2D eigenvalue weighted by molar-refractivity contribution is -0.142. The number of amides is 1. The fourth-order valence-corrected chi connectivity index (χ4v) is 3.16. The number of hydrogen-bond acceptors (Lipinski definition) is 7.